The Morgan fingerprint density at radius 3 is 1.76 bits per heavy atom. The first kappa shape index (κ1) is 22.5. The van der Waals surface area contributed by atoms with Gasteiger partial charge in [0.05, 0.1) is 12.9 Å². The zero-order chi connectivity index (χ0) is 16.2. The van der Waals surface area contributed by atoms with Gasteiger partial charge in [-0.1, -0.05) is 72.3 Å². The average Bonchev–Trinajstić information content (AvgIpc) is 2.50. The summed E-state index contributed by atoms with van der Waals surface area (Å²) in [6, 6.07) is 0. The van der Waals surface area contributed by atoms with Crippen LogP contribution in [0.5, 0.6) is 0 Å². The Labute approximate surface area is 133 Å². The molecule has 0 aliphatic heterocycles. The first-order chi connectivity index (χ1) is 10.2. The van der Waals surface area contributed by atoms with Gasteiger partial charge in [-0.2, -0.15) is 0 Å². The lowest BCUT2D eigenvalue weighted by molar-refractivity contribution is -0.119. The summed E-state index contributed by atoms with van der Waals surface area (Å²) >= 11 is 0. The van der Waals surface area contributed by atoms with Crippen LogP contribution in [-0.4, -0.2) is 12.4 Å². The number of ether oxygens (including phenoxy) is 1. The summed E-state index contributed by atoms with van der Waals surface area (Å²) < 4.78 is 5.00. The molecule has 0 aliphatic carbocycles. The van der Waals surface area contributed by atoms with E-state index in [1.54, 1.807) is 0 Å². The standard InChI is InChI=1S/C10H20O.C9H18O/c1-3-5-6-7-8-9-10-11-4-2;1-3-5-7-9(10)8-6-4-2/h4H,2-3,5-10H2,1H3;3-8H2,1-2H3. The minimum Gasteiger partial charge on any atom is -0.502 e. The largest absolute Gasteiger partial charge is 0.502 e. The third-order valence-corrected chi connectivity index (χ3v) is 3.35. The molecular formula is C19H38O2. The van der Waals surface area contributed by atoms with Crippen LogP contribution in [0.25, 0.3) is 0 Å². The fourth-order valence-electron chi connectivity index (χ4n) is 1.92. The van der Waals surface area contributed by atoms with Crippen LogP contribution >= 0.6 is 0 Å². The van der Waals surface area contributed by atoms with Crippen molar-refractivity contribution in [3.05, 3.63) is 12.8 Å². The van der Waals surface area contributed by atoms with Gasteiger partial charge >= 0.3 is 0 Å². The molecule has 0 unspecified atom stereocenters. The fraction of sp³-hybridized carbons (Fsp3) is 0.842. The van der Waals surface area contributed by atoms with Crippen LogP contribution in [0.15, 0.2) is 12.8 Å². The SMILES string of the molecule is C=COCCCCCCCC.CCCCC(=O)CCCC. The lowest BCUT2D eigenvalue weighted by atomic mass is 10.1. The molecule has 0 atom stereocenters. The molecule has 2 nitrogen and oxygen atoms in total. The summed E-state index contributed by atoms with van der Waals surface area (Å²) in [6.07, 6.45) is 15.5. The number of unbranched alkanes of at least 4 members (excludes halogenated alkanes) is 7. The molecule has 0 aromatic heterocycles. The lowest BCUT2D eigenvalue weighted by Crippen LogP contribution is -1.96. The molecule has 0 radical (unpaired) electrons. The topological polar surface area (TPSA) is 26.3 Å². The zero-order valence-corrected chi connectivity index (χ0v) is 14.8. The molecule has 126 valence electrons. The highest BCUT2D eigenvalue weighted by Gasteiger charge is 1.98. The smallest absolute Gasteiger partial charge is 0.132 e. The minimum atomic E-state index is 0.448. The average molecular weight is 299 g/mol. The van der Waals surface area contributed by atoms with Gasteiger partial charge in [0.1, 0.15) is 5.78 Å². The van der Waals surface area contributed by atoms with Gasteiger partial charge in [0.25, 0.3) is 0 Å². The summed E-state index contributed by atoms with van der Waals surface area (Å²) in [5.74, 6) is 0.448. The van der Waals surface area contributed by atoms with Crippen molar-refractivity contribution < 1.29 is 9.53 Å². The van der Waals surface area contributed by atoms with Crippen LogP contribution in [-0.2, 0) is 9.53 Å². The van der Waals surface area contributed by atoms with Gasteiger partial charge in [-0.15, -0.1) is 0 Å². The summed E-state index contributed by atoms with van der Waals surface area (Å²) in [7, 11) is 0. The summed E-state index contributed by atoms with van der Waals surface area (Å²) in [6.45, 7) is 10.8. The van der Waals surface area contributed by atoms with Crippen molar-refractivity contribution in [2.75, 3.05) is 6.61 Å². The van der Waals surface area contributed by atoms with Crippen LogP contribution in [0, 0.1) is 0 Å². The van der Waals surface area contributed by atoms with E-state index in [-0.39, 0.29) is 0 Å². The maximum atomic E-state index is 11.0. The first-order valence-corrected chi connectivity index (χ1v) is 8.97. The molecule has 2 heteroatoms. The first-order valence-electron chi connectivity index (χ1n) is 8.97. The predicted octanol–water partition coefficient (Wildman–Crippen LogP) is 6.44. The van der Waals surface area contributed by atoms with Gasteiger partial charge in [0.15, 0.2) is 0 Å². The number of hydrogen-bond donors (Lipinski definition) is 0. The van der Waals surface area contributed by atoms with Gasteiger partial charge in [0, 0.05) is 12.8 Å². The Morgan fingerprint density at radius 2 is 1.29 bits per heavy atom. The number of rotatable bonds is 14. The van der Waals surface area contributed by atoms with E-state index >= 15 is 0 Å². The van der Waals surface area contributed by atoms with E-state index in [2.05, 4.69) is 27.4 Å². The maximum Gasteiger partial charge on any atom is 0.132 e. The molecule has 0 saturated heterocycles. The number of Topliss-reactive ketones (excluding diaryl/α,β-unsaturated/α-hetero) is 1. The number of hydrogen-bond acceptors (Lipinski definition) is 2. The van der Waals surface area contributed by atoms with E-state index in [9.17, 15) is 4.79 Å². The van der Waals surface area contributed by atoms with E-state index in [1.165, 1.54) is 44.8 Å². The quantitative estimate of drug-likeness (QED) is 0.272. The molecular weight excluding hydrogens is 260 g/mol. The van der Waals surface area contributed by atoms with Crippen molar-refractivity contribution in [3.63, 3.8) is 0 Å². The highest BCUT2D eigenvalue weighted by atomic mass is 16.5. The van der Waals surface area contributed by atoms with Crippen molar-refractivity contribution in [2.45, 2.75) is 97.8 Å². The molecule has 0 saturated carbocycles. The second kappa shape index (κ2) is 21.5. The number of carbonyl (C=O) groups is 1. The van der Waals surface area contributed by atoms with Crippen LogP contribution < -0.4 is 0 Å². The van der Waals surface area contributed by atoms with Crippen LogP contribution in [0.3, 0.4) is 0 Å². The van der Waals surface area contributed by atoms with Crippen LogP contribution in [0.4, 0.5) is 0 Å². The van der Waals surface area contributed by atoms with Gasteiger partial charge in [-0.05, 0) is 19.3 Å². The maximum absolute atomic E-state index is 11.0. The van der Waals surface area contributed by atoms with Gasteiger partial charge < -0.3 is 4.74 Å². The molecule has 0 bridgehead atoms. The molecule has 0 fully saturated rings. The Morgan fingerprint density at radius 1 is 0.810 bits per heavy atom. The molecule has 21 heavy (non-hydrogen) atoms. The van der Waals surface area contributed by atoms with E-state index in [1.807, 2.05) is 0 Å². The minimum absolute atomic E-state index is 0.448. The fourth-order valence-corrected chi connectivity index (χ4v) is 1.92. The monoisotopic (exact) mass is 298 g/mol. The third-order valence-electron chi connectivity index (χ3n) is 3.35. The second-order valence-corrected chi connectivity index (χ2v) is 5.55. The Kier molecular flexibility index (Phi) is 23.0. The molecule has 0 aromatic carbocycles. The molecule has 0 spiro atoms. The van der Waals surface area contributed by atoms with E-state index < -0.39 is 0 Å². The van der Waals surface area contributed by atoms with Crippen molar-refractivity contribution in [1.82, 2.24) is 0 Å². The van der Waals surface area contributed by atoms with Crippen LogP contribution in [0.2, 0.25) is 0 Å². The van der Waals surface area contributed by atoms with E-state index in [0.717, 1.165) is 45.1 Å². The molecule has 0 aliphatic rings. The predicted molar refractivity (Wildman–Crippen MR) is 93.6 cm³/mol. The van der Waals surface area contributed by atoms with Gasteiger partial charge in [-0.25, -0.2) is 0 Å². The van der Waals surface area contributed by atoms with Gasteiger partial charge in [-0.3, -0.25) is 4.79 Å². The Hall–Kier alpha value is -0.790. The summed E-state index contributed by atoms with van der Waals surface area (Å²) in [5.41, 5.74) is 0. The van der Waals surface area contributed by atoms with Crippen molar-refractivity contribution in [1.29, 1.82) is 0 Å². The van der Waals surface area contributed by atoms with Crippen molar-refractivity contribution >= 4 is 5.78 Å². The van der Waals surface area contributed by atoms with Crippen molar-refractivity contribution in [3.8, 4) is 0 Å². The van der Waals surface area contributed by atoms with E-state index in [0.29, 0.717) is 5.78 Å². The number of ketones is 1. The van der Waals surface area contributed by atoms with Crippen molar-refractivity contribution in [2.24, 2.45) is 0 Å². The summed E-state index contributed by atoms with van der Waals surface area (Å²) in [4.78, 5) is 11.0. The summed E-state index contributed by atoms with van der Waals surface area (Å²) in [5, 5.41) is 0. The van der Waals surface area contributed by atoms with Gasteiger partial charge in [0.2, 0.25) is 0 Å². The lowest BCUT2D eigenvalue weighted by Gasteiger charge is -1.99. The Balaban J connectivity index is 0. The zero-order valence-electron chi connectivity index (χ0n) is 14.8. The third kappa shape index (κ3) is 24.6. The highest BCUT2D eigenvalue weighted by molar-refractivity contribution is 5.78. The molecule has 0 rings (SSSR count). The van der Waals surface area contributed by atoms with E-state index in [4.69, 9.17) is 4.74 Å². The second-order valence-electron chi connectivity index (χ2n) is 5.55. The molecule has 0 N–H and O–H groups in total. The molecule has 0 heterocycles. The highest BCUT2D eigenvalue weighted by Crippen LogP contribution is 2.04. The Bertz CT molecular complexity index is 202. The normalized spacial score (nSPS) is 9.67. The van der Waals surface area contributed by atoms with Crippen LogP contribution in [0.1, 0.15) is 97.8 Å². The molecule has 0 aromatic rings. The molecule has 0 amide bonds. The number of carbonyl (C=O) groups excluding carboxylic acids is 1.